The van der Waals surface area contributed by atoms with Crippen molar-refractivity contribution in [3.05, 3.63) is 83.9 Å². The molecule has 0 radical (unpaired) electrons. The van der Waals surface area contributed by atoms with Crippen LogP contribution >= 0.6 is 0 Å². The minimum Gasteiger partial charge on any atom is -0.352 e. The van der Waals surface area contributed by atoms with Crippen LogP contribution in [0.25, 0.3) is 10.8 Å². The summed E-state index contributed by atoms with van der Waals surface area (Å²) in [5.41, 5.74) is 2.22. The Hall–Kier alpha value is -3.14. The second kappa shape index (κ2) is 11.1. The Labute approximate surface area is 197 Å². The molecule has 4 nitrogen and oxygen atoms in total. The molecule has 1 N–H and O–H groups in total. The van der Waals surface area contributed by atoms with Crippen LogP contribution in [-0.4, -0.2) is 28.8 Å². The molecule has 172 valence electrons. The van der Waals surface area contributed by atoms with E-state index in [1.165, 1.54) is 29.2 Å². The second-order valence-electron chi connectivity index (χ2n) is 9.06. The number of amides is 2. The number of rotatable bonds is 9. The van der Waals surface area contributed by atoms with Crippen LogP contribution in [0.4, 0.5) is 0 Å². The van der Waals surface area contributed by atoms with E-state index in [0.29, 0.717) is 25.8 Å². The molecule has 2 amide bonds. The summed E-state index contributed by atoms with van der Waals surface area (Å²) in [6, 6.07) is 24.3. The molecule has 0 aliphatic heterocycles. The van der Waals surface area contributed by atoms with Crippen LogP contribution in [0.3, 0.4) is 0 Å². The summed E-state index contributed by atoms with van der Waals surface area (Å²) >= 11 is 0. The number of fused-ring (bicyclic) bond motifs is 1. The Balaban J connectivity index is 1.52. The van der Waals surface area contributed by atoms with Gasteiger partial charge in [-0.3, -0.25) is 9.59 Å². The minimum absolute atomic E-state index is 0.0150. The second-order valence-corrected chi connectivity index (χ2v) is 9.06. The molecule has 0 bridgehead atoms. The van der Waals surface area contributed by atoms with E-state index in [9.17, 15) is 9.59 Å². The molecule has 1 aliphatic rings. The maximum absolute atomic E-state index is 13.5. The predicted molar refractivity (Wildman–Crippen MR) is 134 cm³/mol. The van der Waals surface area contributed by atoms with Crippen LogP contribution in [0, 0.1) is 0 Å². The van der Waals surface area contributed by atoms with Gasteiger partial charge in [0, 0.05) is 19.0 Å². The van der Waals surface area contributed by atoms with E-state index in [1.807, 2.05) is 55.5 Å². The molecule has 4 rings (SSSR count). The number of carbonyl (C=O) groups excluding carboxylic acids is 2. The fourth-order valence-electron chi connectivity index (χ4n) is 4.96. The Bertz CT molecular complexity index is 1070. The van der Waals surface area contributed by atoms with Crippen LogP contribution < -0.4 is 5.32 Å². The SMILES string of the molecule is CCC(C(=O)NC1CCCC1)N(Cc1ccccc1)C(=O)CCc1cccc2ccccc12. The number of nitrogens with zero attached hydrogens (tertiary/aromatic N) is 1. The molecule has 0 heterocycles. The fraction of sp³-hybridized carbons (Fsp3) is 0.379. The normalized spacial score (nSPS) is 14.8. The molecule has 1 aliphatic carbocycles. The Morgan fingerprint density at radius 3 is 2.39 bits per heavy atom. The van der Waals surface area contributed by atoms with Gasteiger partial charge in [0.25, 0.3) is 0 Å². The van der Waals surface area contributed by atoms with E-state index < -0.39 is 6.04 Å². The molecule has 0 spiro atoms. The third-order valence-electron chi connectivity index (χ3n) is 6.77. The molecule has 1 fully saturated rings. The molecule has 1 atom stereocenters. The van der Waals surface area contributed by atoms with Gasteiger partial charge in [-0.1, -0.05) is 92.6 Å². The van der Waals surface area contributed by atoms with Gasteiger partial charge in [-0.15, -0.1) is 0 Å². The standard InChI is InChI=1S/C29H34N2O2/c1-2-27(29(33)30-25-16-7-8-17-25)31(21-22-11-4-3-5-12-22)28(32)20-19-24-15-10-14-23-13-6-9-18-26(23)24/h3-6,9-15,18,25,27H,2,7-8,16-17,19-21H2,1H3,(H,30,33). The lowest BCUT2D eigenvalue weighted by Gasteiger charge is -2.31. The van der Waals surface area contributed by atoms with Crippen molar-refractivity contribution in [1.29, 1.82) is 0 Å². The van der Waals surface area contributed by atoms with Crippen molar-refractivity contribution in [3.8, 4) is 0 Å². The molecule has 3 aromatic carbocycles. The molecular weight excluding hydrogens is 408 g/mol. The first kappa shape index (κ1) is 23.0. The summed E-state index contributed by atoms with van der Waals surface area (Å²) in [6.45, 7) is 2.45. The van der Waals surface area contributed by atoms with Crippen LogP contribution in [0.15, 0.2) is 72.8 Å². The number of benzene rings is 3. The van der Waals surface area contributed by atoms with E-state index in [4.69, 9.17) is 0 Å². The highest BCUT2D eigenvalue weighted by Crippen LogP contribution is 2.22. The van der Waals surface area contributed by atoms with Crippen molar-refractivity contribution in [2.45, 2.75) is 70.5 Å². The van der Waals surface area contributed by atoms with Gasteiger partial charge in [-0.2, -0.15) is 0 Å². The lowest BCUT2D eigenvalue weighted by Crippen LogP contribution is -2.51. The molecule has 1 saturated carbocycles. The largest absolute Gasteiger partial charge is 0.352 e. The first-order valence-corrected chi connectivity index (χ1v) is 12.3. The average molecular weight is 443 g/mol. The lowest BCUT2D eigenvalue weighted by atomic mass is 10.00. The van der Waals surface area contributed by atoms with Gasteiger partial charge in [0.05, 0.1) is 0 Å². The van der Waals surface area contributed by atoms with Gasteiger partial charge in [0.1, 0.15) is 6.04 Å². The van der Waals surface area contributed by atoms with Crippen molar-refractivity contribution in [1.82, 2.24) is 10.2 Å². The molecule has 33 heavy (non-hydrogen) atoms. The minimum atomic E-state index is -0.453. The molecule has 3 aromatic rings. The van der Waals surface area contributed by atoms with Gasteiger partial charge in [0.15, 0.2) is 0 Å². The van der Waals surface area contributed by atoms with E-state index in [2.05, 4.69) is 29.6 Å². The van der Waals surface area contributed by atoms with E-state index in [0.717, 1.165) is 18.4 Å². The smallest absolute Gasteiger partial charge is 0.243 e. The van der Waals surface area contributed by atoms with Crippen LogP contribution in [-0.2, 0) is 22.6 Å². The zero-order valence-corrected chi connectivity index (χ0v) is 19.5. The summed E-state index contributed by atoms with van der Waals surface area (Å²) < 4.78 is 0. The fourth-order valence-corrected chi connectivity index (χ4v) is 4.96. The van der Waals surface area contributed by atoms with Crippen LogP contribution in [0.1, 0.15) is 56.6 Å². The van der Waals surface area contributed by atoms with Crippen molar-refractivity contribution < 1.29 is 9.59 Å². The summed E-state index contributed by atoms with van der Waals surface area (Å²) in [6.07, 6.45) is 6.05. The van der Waals surface area contributed by atoms with Crippen molar-refractivity contribution in [3.63, 3.8) is 0 Å². The number of hydrogen-bond acceptors (Lipinski definition) is 2. The van der Waals surface area contributed by atoms with Gasteiger partial charge in [-0.25, -0.2) is 0 Å². The highest BCUT2D eigenvalue weighted by molar-refractivity contribution is 5.89. The van der Waals surface area contributed by atoms with E-state index in [1.54, 1.807) is 4.90 Å². The summed E-state index contributed by atoms with van der Waals surface area (Å²) in [4.78, 5) is 28.6. The number of hydrogen-bond donors (Lipinski definition) is 1. The third kappa shape index (κ3) is 5.81. The maximum Gasteiger partial charge on any atom is 0.243 e. The first-order chi connectivity index (χ1) is 16.2. The van der Waals surface area contributed by atoms with Crippen LogP contribution in [0.5, 0.6) is 0 Å². The Kier molecular flexibility index (Phi) is 7.77. The number of nitrogens with one attached hydrogen (secondary N) is 1. The summed E-state index contributed by atoms with van der Waals surface area (Å²) in [5.74, 6) is 0.0130. The zero-order chi connectivity index (χ0) is 23.0. The van der Waals surface area contributed by atoms with Gasteiger partial charge >= 0.3 is 0 Å². The first-order valence-electron chi connectivity index (χ1n) is 12.3. The quantitative estimate of drug-likeness (QED) is 0.466. The number of aryl methyl sites for hydroxylation is 1. The maximum atomic E-state index is 13.5. The Morgan fingerprint density at radius 1 is 0.939 bits per heavy atom. The molecular formula is C29H34N2O2. The summed E-state index contributed by atoms with van der Waals surface area (Å²) in [5, 5.41) is 5.59. The van der Waals surface area contributed by atoms with Crippen molar-refractivity contribution in [2.75, 3.05) is 0 Å². The monoisotopic (exact) mass is 442 g/mol. The topological polar surface area (TPSA) is 49.4 Å². The molecule has 0 saturated heterocycles. The van der Waals surface area contributed by atoms with Crippen molar-refractivity contribution in [2.24, 2.45) is 0 Å². The molecule has 1 unspecified atom stereocenters. The predicted octanol–water partition coefficient (Wildman–Crippen LogP) is 5.64. The van der Waals surface area contributed by atoms with Gasteiger partial charge in [-0.05, 0) is 47.6 Å². The van der Waals surface area contributed by atoms with Gasteiger partial charge in [0.2, 0.25) is 11.8 Å². The van der Waals surface area contributed by atoms with E-state index in [-0.39, 0.29) is 17.9 Å². The highest BCUT2D eigenvalue weighted by Gasteiger charge is 2.30. The van der Waals surface area contributed by atoms with Gasteiger partial charge < -0.3 is 10.2 Å². The molecule has 4 heteroatoms. The average Bonchev–Trinajstić information content (AvgIpc) is 3.36. The zero-order valence-electron chi connectivity index (χ0n) is 19.5. The summed E-state index contributed by atoms with van der Waals surface area (Å²) in [7, 11) is 0. The van der Waals surface area contributed by atoms with Crippen molar-refractivity contribution >= 4 is 22.6 Å². The van der Waals surface area contributed by atoms with Crippen LogP contribution in [0.2, 0.25) is 0 Å². The lowest BCUT2D eigenvalue weighted by molar-refractivity contribution is -0.141. The number of carbonyl (C=O) groups is 2. The third-order valence-corrected chi connectivity index (χ3v) is 6.77. The van der Waals surface area contributed by atoms with E-state index >= 15 is 0 Å². The Morgan fingerprint density at radius 2 is 1.64 bits per heavy atom. The molecule has 0 aromatic heterocycles. The highest BCUT2D eigenvalue weighted by atomic mass is 16.2.